The van der Waals surface area contributed by atoms with Crippen LogP contribution >= 0.6 is 0 Å². The molecule has 0 heterocycles. The molecule has 0 bridgehead atoms. The molecule has 0 aliphatic heterocycles. The van der Waals surface area contributed by atoms with E-state index in [1.807, 2.05) is 0 Å². The number of carbonyl (C=O) groups excluding carboxylic acids is 3. The first kappa shape index (κ1) is 51.4. The highest BCUT2D eigenvalue weighted by Gasteiger charge is 2.19. The van der Waals surface area contributed by atoms with Crippen molar-refractivity contribution in [2.45, 2.75) is 259 Å². The highest BCUT2D eigenvalue weighted by molar-refractivity contribution is 5.71. The van der Waals surface area contributed by atoms with E-state index in [2.05, 4.69) is 34.6 Å². The Morgan fingerprint density at radius 3 is 0.925 bits per heavy atom. The van der Waals surface area contributed by atoms with E-state index >= 15 is 0 Å². The van der Waals surface area contributed by atoms with Gasteiger partial charge < -0.3 is 14.2 Å². The Hall–Kier alpha value is -1.59. The molecule has 0 fully saturated rings. The average Bonchev–Trinajstić information content (AvgIpc) is 3.12. The molecule has 0 radical (unpaired) electrons. The van der Waals surface area contributed by atoms with Crippen molar-refractivity contribution in [1.82, 2.24) is 0 Å². The molecule has 0 rings (SSSR count). The van der Waals surface area contributed by atoms with Crippen LogP contribution in [0.3, 0.4) is 0 Å². The summed E-state index contributed by atoms with van der Waals surface area (Å²) in [5, 5.41) is 0. The highest BCUT2D eigenvalue weighted by Crippen LogP contribution is 2.16. The Kier molecular flexibility index (Phi) is 38.9. The van der Waals surface area contributed by atoms with E-state index in [9.17, 15) is 14.4 Å². The second-order valence-electron chi connectivity index (χ2n) is 17.0. The second-order valence-corrected chi connectivity index (χ2v) is 17.0. The summed E-state index contributed by atoms with van der Waals surface area (Å²) >= 11 is 0. The summed E-state index contributed by atoms with van der Waals surface area (Å²) in [7, 11) is 0. The summed E-state index contributed by atoms with van der Waals surface area (Å²) in [6.45, 7) is 11.3. The summed E-state index contributed by atoms with van der Waals surface area (Å²) in [6.07, 6.45) is 38.0. The Morgan fingerprint density at radius 1 is 0.358 bits per heavy atom. The van der Waals surface area contributed by atoms with Crippen LogP contribution in [0.5, 0.6) is 0 Å². The molecule has 314 valence electrons. The van der Waals surface area contributed by atoms with Crippen LogP contribution in [0, 0.1) is 11.8 Å². The molecule has 53 heavy (non-hydrogen) atoms. The number of unbranched alkanes of at least 4 members (excludes halogenated alkanes) is 26. The first-order valence-corrected chi connectivity index (χ1v) is 23.2. The van der Waals surface area contributed by atoms with Gasteiger partial charge in [0.2, 0.25) is 0 Å². The number of carbonyl (C=O) groups is 3. The van der Waals surface area contributed by atoms with Crippen LogP contribution in [0.15, 0.2) is 0 Å². The van der Waals surface area contributed by atoms with Crippen molar-refractivity contribution in [2.24, 2.45) is 11.8 Å². The van der Waals surface area contributed by atoms with Crippen molar-refractivity contribution in [1.29, 1.82) is 0 Å². The molecule has 0 amide bonds. The molecule has 6 heteroatoms. The molecule has 0 aliphatic carbocycles. The molecule has 0 aromatic rings. The zero-order valence-corrected chi connectivity index (χ0v) is 36.1. The van der Waals surface area contributed by atoms with Gasteiger partial charge >= 0.3 is 17.9 Å². The van der Waals surface area contributed by atoms with Gasteiger partial charge in [-0.2, -0.15) is 0 Å². The zero-order chi connectivity index (χ0) is 39.0. The Bertz CT molecular complexity index is 809. The van der Waals surface area contributed by atoms with E-state index in [0.29, 0.717) is 19.3 Å². The van der Waals surface area contributed by atoms with E-state index in [-0.39, 0.29) is 31.1 Å². The van der Waals surface area contributed by atoms with Crippen molar-refractivity contribution in [3.05, 3.63) is 0 Å². The SMILES string of the molecule is CCCCCCCCCCCCC(=O)OC[C@@H](COC(=O)CCCCCCCCCCCCCC(C)C)OC(=O)CCCCCCCCCCC(C)C. The van der Waals surface area contributed by atoms with Gasteiger partial charge in [0.1, 0.15) is 13.2 Å². The van der Waals surface area contributed by atoms with Crippen LogP contribution in [0.25, 0.3) is 0 Å². The van der Waals surface area contributed by atoms with Crippen LogP contribution < -0.4 is 0 Å². The normalized spacial score (nSPS) is 12.1. The van der Waals surface area contributed by atoms with Crippen molar-refractivity contribution < 1.29 is 28.6 Å². The monoisotopic (exact) mass is 751 g/mol. The van der Waals surface area contributed by atoms with Gasteiger partial charge in [-0.25, -0.2) is 0 Å². The van der Waals surface area contributed by atoms with E-state index in [4.69, 9.17) is 14.2 Å². The molecular weight excluding hydrogens is 661 g/mol. The van der Waals surface area contributed by atoms with Gasteiger partial charge in [-0.1, -0.05) is 214 Å². The topological polar surface area (TPSA) is 78.9 Å². The lowest BCUT2D eigenvalue weighted by Crippen LogP contribution is -2.30. The minimum absolute atomic E-state index is 0.0651. The predicted octanol–water partition coefficient (Wildman–Crippen LogP) is 14.6. The molecule has 1 atom stereocenters. The smallest absolute Gasteiger partial charge is 0.306 e. The van der Waals surface area contributed by atoms with Crippen LogP contribution in [-0.2, 0) is 28.6 Å². The zero-order valence-electron chi connectivity index (χ0n) is 36.1. The van der Waals surface area contributed by atoms with Crippen molar-refractivity contribution in [3.8, 4) is 0 Å². The highest BCUT2D eigenvalue weighted by atomic mass is 16.6. The lowest BCUT2D eigenvalue weighted by Gasteiger charge is -2.18. The van der Waals surface area contributed by atoms with E-state index in [1.54, 1.807) is 0 Å². The third-order valence-corrected chi connectivity index (χ3v) is 10.5. The quantitative estimate of drug-likeness (QED) is 0.0352. The summed E-state index contributed by atoms with van der Waals surface area (Å²) in [4.78, 5) is 37.7. The van der Waals surface area contributed by atoms with Gasteiger partial charge in [0.25, 0.3) is 0 Å². The molecule has 0 aliphatic rings. The van der Waals surface area contributed by atoms with Gasteiger partial charge in [0.15, 0.2) is 6.10 Å². The van der Waals surface area contributed by atoms with Gasteiger partial charge in [0, 0.05) is 19.3 Å². The summed E-state index contributed by atoms with van der Waals surface area (Å²) in [5.74, 6) is 0.761. The fourth-order valence-electron chi connectivity index (χ4n) is 6.93. The lowest BCUT2D eigenvalue weighted by molar-refractivity contribution is -0.167. The molecule has 0 aromatic carbocycles. The molecular formula is C47H90O6. The molecule has 0 unspecified atom stereocenters. The standard InChI is InChI=1S/C47H90O6/c1-6-7-8-9-10-11-16-22-27-32-37-45(48)51-40-44(53-47(50)39-34-29-24-19-18-21-26-31-36-43(4)5)41-52-46(49)38-33-28-23-17-14-12-13-15-20-25-30-35-42(2)3/h42-44H,6-41H2,1-5H3/t44-/m0/s1. The number of hydrogen-bond donors (Lipinski definition) is 0. The average molecular weight is 751 g/mol. The second kappa shape index (κ2) is 40.1. The van der Waals surface area contributed by atoms with Crippen molar-refractivity contribution >= 4 is 17.9 Å². The number of esters is 3. The van der Waals surface area contributed by atoms with E-state index < -0.39 is 6.10 Å². The minimum atomic E-state index is -0.760. The third-order valence-electron chi connectivity index (χ3n) is 10.5. The Morgan fingerprint density at radius 2 is 0.623 bits per heavy atom. The number of hydrogen-bond acceptors (Lipinski definition) is 6. The van der Waals surface area contributed by atoms with Gasteiger partial charge in [0.05, 0.1) is 0 Å². The molecule has 0 saturated carbocycles. The van der Waals surface area contributed by atoms with E-state index in [0.717, 1.165) is 69.6 Å². The largest absolute Gasteiger partial charge is 0.462 e. The third kappa shape index (κ3) is 41.4. The van der Waals surface area contributed by atoms with Crippen molar-refractivity contribution in [2.75, 3.05) is 13.2 Å². The van der Waals surface area contributed by atoms with Crippen LogP contribution in [0.4, 0.5) is 0 Å². The molecule has 0 aromatic heterocycles. The lowest BCUT2D eigenvalue weighted by atomic mass is 10.0. The summed E-state index contributed by atoms with van der Waals surface area (Å²) in [5.41, 5.74) is 0. The molecule has 0 spiro atoms. The van der Waals surface area contributed by atoms with E-state index in [1.165, 1.54) is 141 Å². The fourth-order valence-corrected chi connectivity index (χ4v) is 6.93. The first-order chi connectivity index (χ1) is 25.7. The molecule has 0 N–H and O–H groups in total. The summed E-state index contributed by atoms with van der Waals surface area (Å²) in [6, 6.07) is 0. The Balaban J connectivity index is 4.32. The number of ether oxygens (including phenoxy) is 3. The van der Waals surface area contributed by atoms with Crippen LogP contribution in [0.2, 0.25) is 0 Å². The Labute approximate surface area is 329 Å². The maximum Gasteiger partial charge on any atom is 0.306 e. The van der Waals surface area contributed by atoms with Gasteiger partial charge in [-0.15, -0.1) is 0 Å². The van der Waals surface area contributed by atoms with Gasteiger partial charge in [-0.05, 0) is 31.1 Å². The minimum Gasteiger partial charge on any atom is -0.462 e. The summed E-state index contributed by atoms with van der Waals surface area (Å²) < 4.78 is 16.7. The molecule has 6 nitrogen and oxygen atoms in total. The van der Waals surface area contributed by atoms with Crippen LogP contribution in [-0.4, -0.2) is 37.2 Å². The molecule has 0 saturated heterocycles. The van der Waals surface area contributed by atoms with Crippen LogP contribution in [0.1, 0.15) is 253 Å². The van der Waals surface area contributed by atoms with Gasteiger partial charge in [-0.3, -0.25) is 14.4 Å². The first-order valence-electron chi connectivity index (χ1n) is 23.2. The maximum atomic E-state index is 12.7. The number of rotatable bonds is 41. The fraction of sp³-hybridized carbons (Fsp3) is 0.936. The predicted molar refractivity (Wildman–Crippen MR) is 224 cm³/mol. The van der Waals surface area contributed by atoms with Crippen molar-refractivity contribution in [3.63, 3.8) is 0 Å². The maximum absolute atomic E-state index is 12.7.